The lowest BCUT2D eigenvalue weighted by molar-refractivity contribution is 0.00432. The molecular weight excluding hydrogens is 280 g/mol. The Morgan fingerprint density at radius 3 is 2.60 bits per heavy atom. The molecule has 0 aliphatic rings. The van der Waals surface area contributed by atoms with E-state index in [0.717, 1.165) is 5.56 Å². The van der Waals surface area contributed by atoms with Gasteiger partial charge in [0.25, 0.3) is 0 Å². The standard InChI is InChI=1S/C15H13ClO4/c16-12-6-7-13(15(17)18)14(8-12)20-10-19-9-11-4-2-1-3-5-11/h1-8H,9-10H2,(H,17,18). The number of carboxylic acid groups (broad SMARTS) is 1. The maximum absolute atomic E-state index is 11.0. The molecule has 0 spiro atoms. The summed E-state index contributed by atoms with van der Waals surface area (Å²) in [5.41, 5.74) is 1.07. The van der Waals surface area contributed by atoms with Crippen LogP contribution in [0.15, 0.2) is 48.5 Å². The second kappa shape index (κ2) is 6.93. The number of hydrogen-bond acceptors (Lipinski definition) is 3. The number of ether oxygens (including phenoxy) is 2. The van der Waals surface area contributed by atoms with Crippen LogP contribution in [-0.4, -0.2) is 17.9 Å². The van der Waals surface area contributed by atoms with E-state index in [1.807, 2.05) is 30.3 Å². The molecule has 0 saturated carbocycles. The molecule has 4 nitrogen and oxygen atoms in total. The van der Waals surface area contributed by atoms with Gasteiger partial charge >= 0.3 is 5.97 Å². The van der Waals surface area contributed by atoms with Crippen molar-refractivity contribution in [2.24, 2.45) is 0 Å². The lowest BCUT2D eigenvalue weighted by Gasteiger charge is -2.10. The van der Waals surface area contributed by atoms with Crippen LogP contribution in [0.2, 0.25) is 5.02 Å². The van der Waals surface area contributed by atoms with Crippen LogP contribution >= 0.6 is 11.6 Å². The van der Waals surface area contributed by atoms with Gasteiger partial charge in [0.15, 0.2) is 6.79 Å². The molecule has 0 saturated heterocycles. The summed E-state index contributed by atoms with van der Waals surface area (Å²) in [4.78, 5) is 11.0. The summed E-state index contributed by atoms with van der Waals surface area (Å²) in [6.45, 7) is 0.347. The van der Waals surface area contributed by atoms with Crippen LogP contribution < -0.4 is 4.74 Å². The van der Waals surface area contributed by atoms with Crippen molar-refractivity contribution < 1.29 is 19.4 Å². The summed E-state index contributed by atoms with van der Waals surface area (Å²) in [5, 5.41) is 9.44. The Labute approximate surface area is 121 Å². The van der Waals surface area contributed by atoms with Crippen molar-refractivity contribution >= 4 is 17.6 Å². The first-order valence-corrected chi connectivity index (χ1v) is 6.32. The van der Waals surface area contributed by atoms with Crippen LogP contribution in [0, 0.1) is 0 Å². The predicted octanol–water partition coefficient (Wildman–Crippen LogP) is 3.59. The molecule has 0 radical (unpaired) electrons. The Kier molecular flexibility index (Phi) is 4.98. The summed E-state index contributed by atoms with van der Waals surface area (Å²) in [6.07, 6.45) is 0. The fourth-order valence-electron chi connectivity index (χ4n) is 1.63. The molecule has 2 aromatic rings. The zero-order chi connectivity index (χ0) is 14.4. The van der Waals surface area contributed by atoms with E-state index in [1.54, 1.807) is 0 Å². The van der Waals surface area contributed by atoms with E-state index in [1.165, 1.54) is 18.2 Å². The van der Waals surface area contributed by atoms with E-state index in [0.29, 0.717) is 11.6 Å². The highest BCUT2D eigenvalue weighted by atomic mass is 35.5. The fourth-order valence-corrected chi connectivity index (χ4v) is 1.79. The molecule has 104 valence electrons. The monoisotopic (exact) mass is 292 g/mol. The lowest BCUT2D eigenvalue weighted by Crippen LogP contribution is -2.07. The third kappa shape index (κ3) is 3.98. The first-order valence-electron chi connectivity index (χ1n) is 5.94. The van der Waals surface area contributed by atoms with Crippen LogP contribution in [0.4, 0.5) is 0 Å². The van der Waals surface area contributed by atoms with Gasteiger partial charge in [0.2, 0.25) is 0 Å². The highest BCUT2D eigenvalue weighted by Gasteiger charge is 2.11. The maximum Gasteiger partial charge on any atom is 0.339 e. The molecule has 0 amide bonds. The van der Waals surface area contributed by atoms with Crippen molar-refractivity contribution in [2.45, 2.75) is 6.61 Å². The number of benzene rings is 2. The van der Waals surface area contributed by atoms with Crippen molar-refractivity contribution in [2.75, 3.05) is 6.79 Å². The molecule has 0 aliphatic heterocycles. The fraction of sp³-hybridized carbons (Fsp3) is 0.133. The number of carboxylic acids is 1. The van der Waals surface area contributed by atoms with Gasteiger partial charge in [0.05, 0.1) is 6.61 Å². The summed E-state index contributed by atoms with van der Waals surface area (Å²) >= 11 is 5.82. The summed E-state index contributed by atoms with van der Waals surface area (Å²) in [5.74, 6) is -0.877. The van der Waals surface area contributed by atoms with Crippen LogP contribution in [-0.2, 0) is 11.3 Å². The molecule has 0 unspecified atom stereocenters. The molecule has 2 aromatic carbocycles. The van der Waals surface area contributed by atoms with Crippen LogP contribution in [0.1, 0.15) is 15.9 Å². The summed E-state index contributed by atoms with van der Waals surface area (Å²) < 4.78 is 10.7. The molecular formula is C15H13ClO4. The molecule has 0 fully saturated rings. The van der Waals surface area contributed by atoms with Gasteiger partial charge in [-0.25, -0.2) is 4.79 Å². The van der Waals surface area contributed by atoms with E-state index in [-0.39, 0.29) is 18.1 Å². The zero-order valence-corrected chi connectivity index (χ0v) is 11.3. The molecule has 0 heterocycles. The number of hydrogen-bond donors (Lipinski definition) is 1. The molecule has 0 atom stereocenters. The molecule has 0 aliphatic carbocycles. The smallest absolute Gasteiger partial charge is 0.339 e. The number of carbonyl (C=O) groups is 1. The van der Waals surface area contributed by atoms with Gasteiger partial charge in [0.1, 0.15) is 11.3 Å². The molecule has 1 N–H and O–H groups in total. The van der Waals surface area contributed by atoms with Gasteiger partial charge in [-0.3, -0.25) is 0 Å². The predicted molar refractivity (Wildman–Crippen MR) is 75.1 cm³/mol. The molecule has 5 heteroatoms. The SMILES string of the molecule is O=C(O)c1ccc(Cl)cc1OCOCc1ccccc1. The largest absolute Gasteiger partial charge is 0.478 e. The van der Waals surface area contributed by atoms with Crippen molar-refractivity contribution in [1.82, 2.24) is 0 Å². The zero-order valence-electron chi connectivity index (χ0n) is 10.6. The normalized spacial score (nSPS) is 10.2. The van der Waals surface area contributed by atoms with E-state index >= 15 is 0 Å². The quantitative estimate of drug-likeness (QED) is 0.653. The second-order valence-electron chi connectivity index (χ2n) is 4.04. The Bertz CT molecular complexity index is 584. The van der Waals surface area contributed by atoms with E-state index in [9.17, 15) is 4.79 Å². The molecule has 0 bridgehead atoms. The average molecular weight is 293 g/mol. The van der Waals surface area contributed by atoms with E-state index in [4.69, 9.17) is 26.2 Å². The third-order valence-electron chi connectivity index (χ3n) is 2.58. The topological polar surface area (TPSA) is 55.8 Å². The van der Waals surface area contributed by atoms with Crippen molar-refractivity contribution in [3.8, 4) is 5.75 Å². The van der Waals surface area contributed by atoms with Crippen LogP contribution in [0.25, 0.3) is 0 Å². The Morgan fingerprint density at radius 1 is 1.15 bits per heavy atom. The number of aromatic carboxylic acids is 1. The minimum atomic E-state index is -1.07. The lowest BCUT2D eigenvalue weighted by atomic mass is 10.2. The first-order chi connectivity index (χ1) is 9.66. The van der Waals surface area contributed by atoms with Crippen molar-refractivity contribution in [1.29, 1.82) is 0 Å². The number of rotatable bonds is 6. The first kappa shape index (κ1) is 14.4. The van der Waals surface area contributed by atoms with Crippen LogP contribution in [0.5, 0.6) is 5.75 Å². The Morgan fingerprint density at radius 2 is 1.90 bits per heavy atom. The van der Waals surface area contributed by atoms with Gasteiger partial charge in [-0.15, -0.1) is 0 Å². The Balaban J connectivity index is 1.91. The van der Waals surface area contributed by atoms with Crippen molar-refractivity contribution in [3.05, 3.63) is 64.7 Å². The average Bonchev–Trinajstić information content (AvgIpc) is 2.44. The summed E-state index contributed by atoms with van der Waals surface area (Å²) in [6, 6.07) is 14.0. The number of halogens is 1. The van der Waals surface area contributed by atoms with Gasteiger partial charge in [-0.05, 0) is 23.8 Å². The molecule has 20 heavy (non-hydrogen) atoms. The minimum absolute atomic E-state index is 0.0461. The molecule has 2 rings (SSSR count). The minimum Gasteiger partial charge on any atom is -0.478 e. The summed E-state index contributed by atoms with van der Waals surface area (Å²) in [7, 11) is 0. The van der Waals surface area contributed by atoms with Gasteiger partial charge in [-0.2, -0.15) is 0 Å². The highest BCUT2D eigenvalue weighted by molar-refractivity contribution is 6.30. The van der Waals surface area contributed by atoms with Gasteiger partial charge in [0, 0.05) is 5.02 Å². The van der Waals surface area contributed by atoms with Crippen LogP contribution in [0.3, 0.4) is 0 Å². The maximum atomic E-state index is 11.0. The van der Waals surface area contributed by atoms with Crippen molar-refractivity contribution in [3.63, 3.8) is 0 Å². The van der Waals surface area contributed by atoms with Gasteiger partial charge < -0.3 is 14.6 Å². The Hall–Kier alpha value is -2.04. The van der Waals surface area contributed by atoms with Gasteiger partial charge in [-0.1, -0.05) is 41.9 Å². The molecule has 0 aromatic heterocycles. The third-order valence-corrected chi connectivity index (χ3v) is 2.82. The highest BCUT2D eigenvalue weighted by Crippen LogP contribution is 2.23. The second-order valence-corrected chi connectivity index (χ2v) is 4.48. The van der Waals surface area contributed by atoms with E-state index in [2.05, 4.69) is 0 Å². The van der Waals surface area contributed by atoms with E-state index < -0.39 is 5.97 Å².